The number of hydrogen-bond acceptors (Lipinski definition) is 4. The highest BCUT2D eigenvalue weighted by Crippen LogP contribution is 2.40. The quantitative estimate of drug-likeness (QED) is 0.485. The zero-order chi connectivity index (χ0) is 10.9. The van der Waals surface area contributed by atoms with Crippen molar-refractivity contribution in [2.45, 2.75) is 0 Å². The Labute approximate surface area is 88.0 Å². The molecule has 1 aromatic carbocycles. The van der Waals surface area contributed by atoms with Crippen LogP contribution < -0.4 is 0 Å². The van der Waals surface area contributed by atoms with Gasteiger partial charge in [0.15, 0.2) is 6.29 Å². The number of phenolic OH excluding ortho intramolecular Hbond substituents is 1. The van der Waals surface area contributed by atoms with Crippen molar-refractivity contribution in [3.8, 4) is 5.75 Å². The van der Waals surface area contributed by atoms with Gasteiger partial charge in [0.1, 0.15) is 5.02 Å². The predicted molar refractivity (Wildman–Crippen MR) is 50.2 cm³/mol. The Morgan fingerprint density at radius 1 is 1.50 bits per heavy atom. The molecule has 74 valence electrons. The van der Waals surface area contributed by atoms with E-state index in [1.807, 2.05) is 0 Å². The number of carbonyl (C=O) groups is 1. The molecule has 0 bridgehead atoms. The first-order valence-electron chi connectivity index (χ1n) is 3.29. The number of phenols is 1. The van der Waals surface area contributed by atoms with Crippen LogP contribution in [0.3, 0.4) is 0 Å². The van der Waals surface area contributed by atoms with Crippen molar-refractivity contribution in [3.05, 3.63) is 31.8 Å². The van der Waals surface area contributed by atoms with Crippen LogP contribution in [0.25, 0.3) is 0 Å². The van der Waals surface area contributed by atoms with Crippen molar-refractivity contribution in [1.29, 1.82) is 0 Å². The van der Waals surface area contributed by atoms with Gasteiger partial charge < -0.3 is 5.11 Å². The second-order valence-corrected chi connectivity index (χ2v) is 3.12. The Morgan fingerprint density at radius 3 is 2.50 bits per heavy atom. The summed E-state index contributed by atoms with van der Waals surface area (Å²) in [7, 11) is 0. The lowest BCUT2D eigenvalue weighted by atomic mass is 10.2. The van der Waals surface area contributed by atoms with Gasteiger partial charge in [0.2, 0.25) is 5.75 Å². The average molecular weight is 236 g/mol. The van der Waals surface area contributed by atoms with Crippen molar-refractivity contribution in [2.75, 3.05) is 0 Å². The molecule has 0 aliphatic carbocycles. The van der Waals surface area contributed by atoms with Gasteiger partial charge >= 0.3 is 5.69 Å². The summed E-state index contributed by atoms with van der Waals surface area (Å²) in [6.45, 7) is 0. The van der Waals surface area contributed by atoms with E-state index in [4.69, 9.17) is 23.2 Å². The number of nitrogens with zero attached hydrogens (tertiary/aromatic N) is 1. The number of benzene rings is 1. The lowest BCUT2D eigenvalue weighted by molar-refractivity contribution is -0.385. The van der Waals surface area contributed by atoms with Gasteiger partial charge in [-0.3, -0.25) is 14.9 Å². The molecule has 14 heavy (non-hydrogen) atoms. The first kappa shape index (κ1) is 10.7. The third-order valence-corrected chi connectivity index (χ3v) is 2.28. The number of rotatable bonds is 2. The summed E-state index contributed by atoms with van der Waals surface area (Å²) in [5, 5.41) is 19.2. The molecule has 0 saturated heterocycles. The molecule has 0 aliphatic heterocycles. The molecule has 0 amide bonds. The van der Waals surface area contributed by atoms with Crippen LogP contribution in [-0.2, 0) is 0 Å². The third kappa shape index (κ3) is 1.64. The Kier molecular flexibility index (Phi) is 2.93. The second kappa shape index (κ2) is 3.81. The lowest BCUT2D eigenvalue weighted by Gasteiger charge is -2.02. The summed E-state index contributed by atoms with van der Waals surface area (Å²) in [5.41, 5.74) is -1.03. The number of hydrogen-bond donors (Lipinski definition) is 1. The highest BCUT2D eigenvalue weighted by Gasteiger charge is 2.24. The molecular weight excluding hydrogens is 233 g/mol. The Bertz CT molecular complexity index is 419. The van der Waals surface area contributed by atoms with Gasteiger partial charge in [0, 0.05) is 0 Å². The highest BCUT2D eigenvalue weighted by molar-refractivity contribution is 6.43. The van der Waals surface area contributed by atoms with E-state index in [9.17, 15) is 20.0 Å². The van der Waals surface area contributed by atoms with Crippen LogP contribution in [0.1, 0.15) is 10.4 Å². The molecule has 0 aliphatic rings. The molecule has 0 spiro atoms. The summed E-state index contributed by atoms with van der Waals surface area (Å²) in [5.74, 6) is -0.778. The van der Waals surface area contributed by atoms with Gasteiger partial charge in [-0.05, 0) is 6.07 Å². The molecule has 7 heteroatoms. The maximum atomic E-state index is 10.4. The first-order valence-corrected chi connectivity index (χ1v) is 4.05. The monoisotopic (exact) mass is 235 g/mol. The van der Waals surface area contributed by atoms with Gasteiger partial charge in [0.05, 0.1) is 15.5 Å². The molecule has 0 atom stereocenters. The number of nitro benzene ring substituents is 1. The van der Waals surface area contributed by atoms with E-state index >= 15 is 0 Å². The summed E-state index contributed by atoms with van der Waals surface area (Å²) in [4.78, 5) is 19.9. The van der Waals surface area contributed by atoms with Gasteiger partial charge in [-0.25, -0.2) is 0 Å². The normalized spacial score (nSPS) is 9.86. The van der Waals surface area contributed by atoms with E-state index in [-0.39, 0.29) is 21.9 Å². The molecule has 0 heterocycles. The first-order chi connectivity index (χ1) is 6.49. The van der Waals surface area contributed by atoms with Gasteiger partial charge in [0.25, 0.3) is 0 Å². The van der Waals surface area contributed by atoms with E-state index in [1.54, 1.807) is 0 Å². The lowest BCUT2D eigenvalue weighted by Crippen LogP contribution is -1.94. The number of carbonyl (C=O) groups excluding carboxylic acids is 1. The van der Waals surface area contributed by atoms with Crippen molar-refractivity contribution < 1.29 is 14.8 Å². The largest absolute Gasteiger partial charge is 0.502 e. The SMILES string of the molecule is O=Cc1cc(Cl)c(Cl)c([N+](=O)[O-])c1O. The fourth-order valence-corrected chi connectivity index (χ4v) is 1.30. The third-order valence-electron chi connectivity index (χ3n) is 1.51. The molecular formula is C7H3Cl2NO4. The molecule has 1 aromatic rings. The summed E-state index contributed by atoms with van der Waals surface area (Å²) < 4.78 is 0. The molecule has 1 N–H and O–H groups in total. The zero-order valence-electron chi connectivity index (χ0n) is 6.53. The summed E-state index contributed by atoms with van der Waals surface area (Å²) in [6, 6.07) is 1.05. The van der Waals surface area contributed by atoms with Crippen LogP contribution >= 0.6 is 23.2 Å². The molecule has 0 unspecified atom stereocenters. The van der Waals surface area contributed by atoms with Crippen molar-refractivity contribution in [3.63, 3.8) is 0 Å². The van der Waals surface area contributed by atoms with Crippen LogP contribution in [0.15, 0.2) is 6.07 Å². The van der Waals surface area contributed by atoms with Crippen LogP contribution in [0.4, 0.5) is 5.69 Å². The predicted octanol–water partition coefficient (Wildman–Crippen LogP) is 2.42. The molecule has 0 fully saturated rings. The van der Waals surface area contributed by atoms with E-state index < -0.39 is 16.4 Å². The Morgan fingerprint density at radius 2 is 2.07 bits per heavy atom. The minimum absolute atomic E-state index is 0.154. The summed E-state index contributed by atoms with van der Waals surface area (Å²) >= 11 is 11.0. The Hall–Kier alpha value is -1.33. The highest BCUT2D eigenvalue weighted by atomic mass is 35.5. The maximum Gasteiger partial charge on any atom is 0.331 e. The van der Waals surface area contributed by atoms with Gasteiger partial charge in [-0.1, -0.05) is 23.2 Å². The van der Waals surface area contributed by atoms with E-state index in [0.29, 0.717) is 0 Å². The topological polar surface area (TPSA) is 80.4 Å². The van der Waals surface area contributed by atoms with Crippen molar-refractivity contribution in [1.82, 2.24) is 0 Å². The number of nitro groups is 1. The Balaban J connectivity index is 3.61. The molecule has 0 radical (unpaired) electrons. The van der Waals surface area contributed by atoms with Gasteiger partial charge in [-0.15, -0.1) is 0 Å². The number of aromatic hydroxyl groups is 1. The maximum absolute atomic E-state index is 10.4. The molecule has 0 aromatic heterocycles. The van der Waals surface area contributed by atoms with Crippen molar-refractivity contribution in [2.24, 2.45) is 0 Å². The van der Waals surface area contributed by atoms with Crippen LogP contribution in [-0.4, -0.2) is 16.3 Å². The second-order valence-electron chi connectivity index (χ2n) is 2.33. The smallest absolute Gasteiger partial charge is 0.331 e. The standard InChI is InChI=1S/C7H3Cl2NO4/c8-4-1-3(2-11)7(12)6(5(4)9)10(13)14/h1-2,12H. The van der Waals surface area contributed by atoms with Crippen LogP contribution in [0.5, 0.6) is 5.75 Å². The van der Waals surface area contributed by atoms with Crippen LogP contribution in [0.2, 0.25) is 10.0 Å². The summed E-state index contributed by atoms with van der Waals surface area (Å²) in [6.07, 6.45) is 0.255. The minimum atomic E-state index is -0.906. The van der Waals surface area contributed by atoms with Crippen molar-refractivity contribution >= 4 is 35.2 Å². The zero-order valence-corrected chi connectivity index (χ0v) is 8.04. The van der Waals surface area contributed by atoms with Crippen LogP contribution in [0, 0.1) is 10.1 Å². The minimum Gasteiger partial charge on any atom is -0.502 e. The number of aldehydes is 1. The van der Waals surface area contributed by atoms with E-state index in [1.165, 1.54) is 0 Å². The van der Waals surface area contributed by atoms with E-state index in [0.717, 1.165) is 6.07 Å². The van der Waals surface area contributed by atoms with E-state index in [2.05, 4.69) is 0 Å². The molecule has 5 nitrogen and oxygen atoms in total. The molecule has 1 rings (SSSR count). The fourth-order valence-electron chi connectivity index (χ4n) is 0.878. The van der Waals surface area contributed by atoms with Gasteiger partial charge in [-0.2, -0.15) is 0 Å². The molecule has 0 saturated carbocycles. The number of halogens is 2. The average Bonchev–Trinajstić information content (AvgIpc) is 2.11. The fraction of sp³-hybridized carbons (Fsp3) is 0.